The lowest BCUT2D eigenvalue weighted by atomic mass is 9.95. The Hall–Kier alpha value is -2.58. The molecular weight excluding hydrogens is 510 g/mol. The average molecular weight is 548 g/mol. The molecule has 37 heavy (non-hydrogen) atoms. The molecule has 1 aliphatic rings. The van der Waals surface area contributed by atoms with Gasteiger partial charge in [-0.3, -0.25) is 13.9 Å². The van der Waals surface area contributed by atoms with Gasteiger partial charge in [0.2, 0.25) is 21.8 Å². The summed E-state index contributed by atoms with van der Waals surface area (Å²) in [5, 5.41) is 3.53. The highest BCUT2D eigenvalue weighted by Crippen LogP contribution is 2.27. The first kappa shape index (κ1) is 29.0. The van der Waals surface area contributed by atoms with Crippen LogP contribution in [0.25, 0.3) is 0 Å². The smallest absolute Gasteiger partial charge is 0.244 e. The van der Waals surface area contributed by atoms with Gasteiger partial charge in [-0.1, -0.05) is 68.1 Å². The van der Waals surface area contributed by atoms with Crippen molar-refractivity contribution in [2.75, 3.05) is 17.1 Å². The number of hydrogen-bond acceptors (Lipinski definition) is 4. The van der Waals surface area contributed by atoms with Crippen molar-refractivity contribution in [3.63, 3.8) is 0 Å². The molecular formula is C28H38ClN3O4S. The molecule has 0 unspecified atom stereocenters. The van der Waals surface area contributed by atoms with E-state index in [4.69, 9.17) is 11.6 Å². The number of halogens is 1. The van der Waals surface area contributed by atoms with Gasteiger partial charge in [0, 0.05) is 17.6 Å². The van der Waals surface area contributed by atoms with E-state index in [1.54, 1.807) is 25.1 Å². The molecule has 1 saturated carbocycles. The Morgan fingerprint density at radius 2 is 1.73 bits per heavy atom. The van der Waals surface area contributed by atoms with E-state index in [1.165, 1.54) is 11.3 Å². The van der Waals surface area contributed by atoms with E-state index in [9.17, 15) is 18.0 Å². The number of aryl methyl sites for hydroxylation is 2. The van der Waals surface area contributed by atoms with Crippen molar-refractivity contribution < 1.29 is 18.0 Å². The zero-order chi connectivity index (χ0) is 27.2. The third-order valence-electron chi connectivity index (χ3n) is 7.06. The monoisotopic (exact) mass is 547 g/mol. The van der Waals surface area contributed by atoms with Crippen LogP contribution in [-0.2, 0) is 26.2 Å². The Kier molecular flexibility index (Phi) is 10.0. The van der Waals surface area contributed by atoms with E-state index in [2.05, 4.69) is 5.32 Å². The number of carbonyl (C=O) groups is 2. The van der Waals surface area contributed by atoms with Crippen molar-refractivity contribution in [2.45, 2.75) is 77.9 Å². The molecule has 1 N–H and O–H groups in total. The van der Waals surface area contributed by atoms with Crippen molar-refractivity contribution >= 4 is 39.1 Å². The average Bonchev–Trinajstić information content (AvgIpc) is 2.85. The minimum atomic E-state index is -3.82. The first-order chi connectivity index (χ1) is 17.5. The van der Waals surface area contributed by atoms with Crippen LogP contribution in [0.4, 0.5) is 5.69 Å². The predicted molar refractivity (Wildman–Crippen MR) is 149 cm³/mol. The lowest BCUT2D eigenvalue weighted by Crippen LogP contribution is -2.54. The number of anilines is 1. The largest absolute Gasteiger partial charge is 0.352 e. The topological polar surface area (TPSA) is 86.8 Å². The van der Waals surface area contributed by atoms with Crippen LogP contribution in [0, 0.1) is 13.8 Å². The summed E-state index contributed by atoms with van der Waals surface area (Å²) < 4.78 is 26.7. The molecule has 0 saturated heterocycles. The molecule has 0 radical (unpaired) electrons. The van der Waals surface area contributed by atoms with Crippen LogP contribution in [0.3, 0.4) is 0 Å². The summed E-state index contributed by atoms with van der Waals surface area (Å²) in [7, 11) is -3.82. The van der Waals surface area contributed by atoms with Crippen LogP contribution in [-0.4, -0.2) is 50.0 Å². The number of rotatable bonds is 10. The molecule has 1 aliphatic carbocycles. The zero-order valence-corrected chi connectivity index (χ0v) is 23.7. The lowest BCUT2D eigenvalue weighted by molar-refractivity contribution is -0.140. The molecule has 0 spiro atoms. The van der Waals surface area contributed by atoms with Gasteiger partial charge in [-0.2, -0.15) is 0 Å². The van der Waals surface area contributed by atoms with E-state index in [0.717, 1.165) is 47.4 Å². The van der Waals surface area contributed by atoms with Crippen molar-refractivity contribution in [3.8, 4) is 0 Å². The van der Waals surface area contributed by atoms with E-state index >= 15 is 0 Å². The molecule has 7 nitrogen and oxygen atoms in total. The first-order valence-corrected chi connectivity index (χ1v) is 15.1. The quantitative estimate of drug-likeness (QED) is 0.454. The van der Waals surface area contributed by atoms with Crippen molar-refractivity contribution in [3.05, 3.63) is 64.2 Å². The summed E-state index contributed by atoms with van der Waals surface area (Å²) >= 11 is 6.17. The first-order valence-electron chi connectivity index (χ1n) is 12.9. The Morgan fingerprint density at radius 3 is 2.35 bits per heavy atom. The fourth-order valence-corrected chi connectivity index (χ4v) is 5.95. The van der Waals surface area contributed by atoms with Crippen LogP contribution in [0.1, 0.15) is 62.1 Å². The number of amides is 2. The SMILES string of the molecule is CC[C@H](C(=O)NC1CCCCC1)N(Cc1ccccc1C)C(=O)CN(c1cc(Cl)ccc1C)S(C)(=O)=O. The van der Waals surface area contributed by atoms with Gasteiger partial charge in [0.25, 0.3) is 0 Å². The molecule has 9 heteroatoms. The Bertz CT molecular complexity index is 1210. The van der Waals surface area contributed by atoms with Gasteiger partial charge in [0.15, 0.2) is 0 Å². The Morgan fingerprint density at radius 1 is 1.05 bits per heavy atom. The number of benzene rings is 2. The van der Waals surface area contributed by atoms with Gasteiger partial charge < -0.3 is 10.2 Å². The Balaban J connectivity index is 1.95. The van der Waals surface area contributed by atoms with Crippen LogP contribution >= 0.6 is 11.6 Å². The maximum absolute atomic E-state index is 13.9. The number of carbonyl (C=O) groups excluding carboxylic acids is 2. The second-order valence-electron chi connectivity index (χ2n) is 9.92. The van der Waals surface area contributed by atoms with Gasteiger partial charge >= 0.3 is 0 Å². The molecule has 2 amide bonds. The van der Waals surface area contributed by atoms with E-state index in [-0.39, 0.29) is 18.5 Å². The molecule has 3 rings (SSSR count). The maximum Gasteiger partial charge on any atom is 0.244 e. The third-order valence-corrected chi connectivity index (χ3v) is 8.42. The molecule has 202 valence electrons. The summed E-state index contributed by atoms with van der Waals surface area (Å²) in [4.78, 5) is 28.9. The molecule has 0 aromatic heterocycles. The highest BCUT2D eigenvalue weighted by molar-refractivity contribution is 7.92. The standard InChI is InChI=1S/C28H38ClN3O4S/c1-5-25(28(34)30-24-13-7-6-8-14-24)31(18-22-12-10-9-11-20(22)2)27(33)19-32(37(4,35)36)26-17-23(29)16-15-21(26)3/h9-12,15-17,24-25H,5-8,13-14,18-19H2,1-4H3,(H,30,34)/t25-/m1/s1. The maximum atomic E-state index is 13.9. The van der Waals surface area contributed by atoms with Gasteiger partial charge in [-0.25, -0.2) is 8.42 Å². The molecule has 0 bridgehead atoms. The Labute approximate surface area is 226 Å². The second kappa shape index (κ2) is 12.8. The summed E-state index contributed by atoms with van der Waals surface area (Å²) in [6.07, 6.45) is 6.68. The molecule has 2 aromatic rings. The van der Waals surface area contributed by atoms with Crippen LogP contribution in [0.5, 0.6) is 0 Å². The van der Waals surface area contributed by atoms with Crippen molar-refractivity contribution in [1.82, 2.24) is 10.2 Å². The lowest BCUT2D eigenvalue weighted by Gasteiger charge is -2.34. The van der Waals surface area contributed by atoms with E-state index in [1.807, 2.05) is 38.1 Å². The third kappa shape index (κ3) is 7.71. The van der Waals surface area contributed by atoms with Crippen molar-refractivity contribution in [2.24, 2.45) is 0 Å². The molecule has 1 fully saturated rings. The van der Waals surface area contributed by atoms with E-state index < -0.39 is 28.5 Å². The number of hydrogen-bond donors (Lipinski definition) is 1. The van der Waals surface area contributed by atoms with Crippen LogP contribution in [0.2, 0.25) is 5.02 Å². The molecule has 1 atom stereocenters. The van der Waals surface area contributed by atoms with Gasteiger partial charge in [-0.15, -0.1) is 0 Å². The highest BCUT2D eigenvalue weighted by atomic mass is 35.5. The number of sulfonamides is 1. The second-order valence-corrected chi connectivity index (χ2v) is 12.3. The molecule has 2 aromatic carbocycles. The van der Waals surface area contributed by atoms with Crippen LogP contribution in [0.15, 0.2) is 42.5 Å². The number of nitrogens with zero attached hydrogens (tertiary/aromatic N) is 2. The summed E-state index contributed by atoms with van der Waals surface area (Å²) in [5.41, 5.74) is 2.92. The number of nitrogens with one attached hydrogen (secondary N) is 1. The fraction of sp³-hybridized carbons (Fsp3) is 0.500. The molecule has 0 heterocycles. The minimum absolute atomic E-state index is 0.104. The predicted octanol–water partition coefficient (Wildman–Crippen LogP) is 4.98. The zero-order valence-electron chi connectivity index (χ0n) is 22.2. The summed E-state index contributed by atoms with van der Waals surface area (Å²) in [5.74, 6) is -0.639. The van der Waals surface area contributed by atoms with Gasteiger partial charge in [0.05, 0.1) is 11.9 Å². The minimum Gasteiger partial charge on any atom is -0.352 e. The van der Waals surface area contributed by atoms with Crippen molar-refractivity contribution in [1.29, 1.82) is 0 Å². The van der Waals surface area contributed by atoms with Crippen LogP contribution < -0.4 is 9.62 Å². The summed E-state index contributed by atoms with van der Waals surface area (Å²) in [6, 6.07) is 12.0. The van der Waals surface area contributed by atoms with Gasteiger partial charge in [-0.05, 0) is 61.9 Å². The van der Waals surface area contributed by atoms with Gasteiger partial charge in [0.1, 0.15) is 12.6 Å². The van der Waals surface area contributed by atoms with E-state index in [0.29, 0.717) is 22.7 Å². The normalized spacial score (nSPS) is 15.2. The summed E-state index contributed by atoms with van der Waals surface area (Å²) in [6.45, 7) is 5.37. The fourth-order valence-electron chi connectivity index (χ4n) is 4.88. The molecule has 0 aliphatic heterocycles. The highest BCUT2D eigenvalue weighted by Gasteiger charge is 2.33.